The van der Waals surface area contributed by atoms with Crippen molar-refractivity contribution in [3.05, 3.63) is 82.9 Å². The largest absolute Gasteiger partial charge is 0.298 e. The molecule has 6 nitrogen and oxygen atoms in total. The van der Waals surface area contributed by atoms with Crippen molar-refractivity contribution >= 4 is 59.9 Å². The van der Waals surface area contributed by atoms with Crippen LogP contribution in [-0.2, 0) is 10.0 Å². The maximum absolute atomic E-state index is 12.6. The number of nitrogens with one attached hydrogen (secondary N) is 2. The molecule has 0 atom stereocenters. The van der Waals surface area contributed by atoms with Crippen LogP contribution in [0.1, 0.15) is 35.7 Å². The van der Waals surface area contributed by atoms with Gasteiger partial charge in [-0.15, -0.1) is 0 Å². The minimum absolute atomic E-state index is 0.0974. The number of hydrogen-bond donors (Lipinski definition) is 2. The zero-order chi connectivity index (χ0) is 22.9. The second-order valence-electron chi connectivity index (χ2n) is 7.49. The van der Waals surface area contributed by atoms with Gasteiger partial charge < -0.3 is 0 Å². The van der Waals surface area contributed by atoms with E-state index in [0.29, 0.717) is 27.3 Å². The molecule has 0 unspecified atom stereocenters. The number of anilines is 2. The number of benzene rings is 3. The summed E-state index contributed by atoms with van der Waals surface area (Å²) in [6.07, 6.45) is 0. The molecule has 164 valence electrons. The molecule has 0 spiro atoms. The Balaban J connectivity index is 1.46. The number of carbonyl (C=O) groups excluding carboxylic acids is 1. The number of fused-ring (bicyclic) bond motifs is 1. The van der Waals surface area contributed by atoms with Crippen molar-refractivity contribution in [2.75, 3.05) is 10.0 Å². The van der Waals surface area contributed by atoms with Gasteiger partial charge in [-0.25, -0.2) is 13.4 Å². The Kier molecular flexibility index (Phi) is 6.19. The van der Waals surface area contributed by atoms with E-state index in [0.717, 1.165) is 10.2 Å². The number of thiazole rings is 1. The highest BCUT2D eigenvalue weighted by Crippen LogP contribution is 2.29. The van der Waals surface area contributed by atoms with Crippen LogP contribution in [0.15, 0.2) is 71.6 Å². The van der Waals surface area contributed by atoms with Gasteiger partial charge in [-0.05, 0) is 72.1 Å². The van der Waals surface area contributed by atoms with E-state index >= 15 is 0 Å². The highest BCUT2D eigenvalue weighted by molar-refractivity contribution is 7.92. The summed E-state index contributed by atoms with van der Waals surface area (Å²) in [6, 6.07) is 18.1. The molecule has 0 radical (unpaired) electrons. The third-order valence-corrected chi connectivity index (χ3v) is 7.41. The molecule has 0 fully saturated rings. The average Bonchev–Trinajstić information content (AvgIpc) is 3.15. The third-order valence-electron chi connectivity index (χ3n) is 4.82. The predicted molar refractivity (Wildman–Crippen MR) is 130 cm³/mol. The lowest BCUT2D eigenvalue weighted by Crippen LogP contribution is -2.14. The smallest absolute Gasteiger partial charge is 0.261 e. The maximum Gasteiger partial charge on any atom is 0.261 e. The van der Waals surface area contributed by atoms with Gasteiger partial charge in [-0.2, -0.15) is 0 Å². The summed E-state index contributed by atoms with van der Waals surface area (Å²) >= 11 is 7.23. The Morgan fingerprint density at radius 3 is 2.34 bits per heavy atom. The summed E-state index contributed by atoms with van der Waals surface area (Å²) in [4.78, 5) is 17.2. The highest BCUT2D eigenvalue weighted by Gasteiger charge is 2.15. The van der Waals surface area contributed by atoms with Gasteiger partial charge >= 0.3 is 0 Å². The highest BCUT2D eigenvalue weighted by atomic mass is 35.5. The quantitative estimate of drug-likeness (QED) is 0.344. The lowest BCUT2D eigenvalue weighted by molar-refractivity contribution is 0.102. The van der Waals surface area contributed by atoms with Gasteiger partial charge in [-0.3, -0.25) is 14.8 Å². The molecule has 1 heterocycles. The summed E-state index contributed by atoms with van der Waals surface area (Å²) in [5, 5.41) is 3.78. The number of aromatic nitrogens is 1. The Morgan fingerprint density at radius 2 is 1.69 bits per heavy atom. The topological polar surface area (TPSA) is 88.2 Å². The van der Waals surface area contributed by atoms with Crippen LogP contribution >= 0.6 is 22.9 Å². The first-order valence-electron chi connectivity index (χ1n) is 9.81. The zero-order valence-corrected chi connectivity index (χ0v) is 19.7. The minimum Gasteiger partial charge on any atom is -0.298 e. The van der Waals surface area contributed by atoms with E-state index in [1.807, 2.05) is 12.1 Å². The van der Waals surface area contributed by atoms with E-state index in [4.69, 9.17) is 11.6 Å². The van der Waals surface area contributed by atoms with Crippen molar-refractivity contribution in [1.82, 2.24) is 4.98 Å². The summed E-state index contributed by atoms with van der Waals surface area (Å²) in [5.41, 5.74) is 2.79. The van der Waals surface area contributed by atoms with Crippen LogP contribution in [0.5, 0.6) is 0 Å². The Hall–Kier alpha value is -2.94. The molecule has 32 heavy (non-hydrogen) atoms. The summed E-state index contributed by atoms with van der Waals surface area (Å²) in [6.45, 7) is 4.26. The van der Waals surface area contributed by atoms with Crippen molar-refractivity contribution < 1.29 is 13.2 Å². The molecule has 2 N–H and O–H groups in total. The van der Waals surface area contributed by atoms with Gasteiger partial charge in [0.1, 0.15) is 0 Å². The lowest BCUT2D eigenvalue weighted by atomic mass is 10.0. The monoisotopic (exact) mass is 485 g/mol. The van der Waals surface area contributed by atoms with E-state index in [9.17, 15) is 13.2 Å². The fourth-order valence-corrected chi connectivity index (χ4v) is 5.13. The molecule has 0 aliphatic rings. The maximum atomic E-state index is 12.6. The summed E-state index contributed by atoms with van der Waals surface area (Å²) in [5.74, 6) is 0.0930. The fraction of sp³-hybridized carbons (Fsp3) is 0.130. The van der Waals surface area contributed by atoms with E-state index in [2.05, 4.69) is 34.9 Å². The molecule has 3 aromatic carbocycles. The van der Waals surface area contributed by atoms with Crippen LogP contribution in [-0.4, -0.2) is 19.3 Å². The molecule has 1 amide bonds. The molecule has 0 bridgehead atoms. The van der Waals surface area contributed by atoms with Crippen LogP contribution in [0.4, 0.5) is 10.8 Å². The second kappa shape index (κ2) is 8.90. The number of sulfonamides is 1. The Morgan fingerprint density at radius 1 is 1.00 bits per heavy atom. The lowest BCUT2D eigenvalue weighted by Gasteiger charge is -2.09. The van der Waals surface area contributed by atoms with Crippen LogP contribution < -0.4 is 10.0 Å². The number of amides is 1. The van der Waals surface area contributed by atoms with Gasteiger partial charge in [0, 0.05) is 16.3 Å². The van der Waals surface area contributed by atoms with Crippen LogP contribution in [0.25, 0.3) is 10.2 Å². The van der Waals surface area contributed by atoms with E-state index in [-0.39, 0.29) is 10.8 Å². The first-order valence-corrected chi connectivity index (χ1v) is 12.5. The van der Waals surface area contributed by atoms with Gasteiger partial charge in [0.05, 0.1) is 15.1 Å². The number of rotatable bonds is 6. The molecule has 9 heteroatoms. The van der Waals surface area contributed by atoms with Gasteiger partial charge in [0.15, 0.2) is 5.13 Å². The van der Waals surface area contributed by atoms with E-state index in [1.54, 1.807) is 12.1 Å². The van der Waals surface area contributed by atoms with Gasteiger partial charge in [0.2, 0.25) is 0 Å². The number of nitrogens with zero attached hydrogens (tertiary/aromatic N) is 1. The molecular weight excluding hydrogens is 466 g/mol. The zero-order valence-electron chi connectivity index (χ0n) is 17.3. The number of hydrogen-bond acceptors (Lipinski definition) is 5. The molecule has 0 aliphatic heterocycles. The van der Waals surface area contributed by atoms with E-state index in [1.165, 1.54) is 53.3 Å². The van der Waals surface area contributed by atoms with Gasteiger partial charge in [-0.1, -0.05) is 42.9 Å². The average molecular weight is 486 g/mol. The third kappa shape index (κ3) is 4.93. The molecule has 4 aromatic rings. The predicted octanol–water partition coefficient (Wildman–Crippen LogP) is 6.13. The van der Waals surface area contributed by atoms with Crippen molar-refractivity contribution in [2.45, 2.75) is 24.7 Å². The van der Waals surface area contributed by atoms with Gasteiger partial charge in [0.25, 0.3) is 15.9 Å². The first-order chi connectivity index (χ1) is 15.2. The van der Waals surface area contributed by atoms with Crippen LogP contribution in [0.3, 0.4) is 0 Å². The second-order valence-corrected chi connectivity index (χ2v) is 10.6. The molecular formula is C23H20ClN3O3S2. The molecule has 1 aromatic heterocycles. The van der Waals surface area contributed by atoms with Crippen molar-refractivity contribution in [1.29, 1.82) is 0 Å². The Labute approximate surface area is 195 Å². The Bertz CT molecular complexity index is 1380. The normalized spacial score (nSPS) is 11.6. The molecule has 0 saturated heterocycles. The number of carbonyl (C=O) groups is 1. The molecule has 0 saturated carbocycles. The molecule has 0 aliphatic carbocycles. The number of halogens is 1. The molecule has 4 rings (SSSR count). The van der Waals surface area contributed by atoms with Crippen molar-refractivity contribution in [3.63, 3.8) is 0 Å². The SMILES string of the molecule is CC(C)c1ccc2nc(NC(=O)c3ccc(NS(=O)(=O)c4ccc(Cl)cc4)cc3)sc2c1. The first kappa shape index (κ1) is 22.3. The van der Waals surface area contributed by atoms with E-state index < -0.39 is 10.0 Å². The van der Waals surface area contributed by atoms with Crippen molar-refractivity contribution in [3.8, 4) is 0 Å². The van der Waals surface area contributed by atoms with Crippen LogP contribution in [0, 0.1) is 0 Å². The standard InChI is InChI=1S/C23H20ClN3O3S2/c1-14(2)16-5-12-20-21(13-16)31-23(25-20)26-22(28)15-3-8-18(9-4-15)27-32(29,30)19-10-6-17(24)7-11-19/h3-14,27H,1-2H3,(H,25,26,28). The summed E-state index contributed by atoms with van der Waals surface area (Å²) < 4.78 is 28.5. The minimum atomic E-state index is -3.75. The van der Waals surface area contributed by atoms with Crippen molar-refractivity contribution in [2.24, 2.45) is 0 Å². The summed E-state index contributed by atoms with van der Waals surface area (Å²) in [7, 11) is -3.75. The van der Waals surface area contributed by atoms with Crippen LogP contribution in [0.2, 0.25) is 5.02 Å². The fourth-order valence-electron chi connectivity index (χ4n) is 3.04.